The van der Waals surface area contributed by atoms with Gasteiger partial charge in [-0.15, -0.1) is 16.8 Å². The average Bonchev–Trinajstić information content (AvgIpc) is 3.10. The Hall–Kier alpha value is -2.73. The van der Waals surface area contributed by atoms with Crippen molar-refractivity contribution in [1.29, 1.82) is 0 Å². The molecule has 0 unspecified atom stereocenters. The molecule has 0 fully saturated rings. The minimum atomic E-state index is 0.584. The van der Waals surface area contributed by atoms with Crippen molar-refractivity contribution < 1.29 is 9.47 Å². The van der Waals surface area contributed by atoms with Gasteiger partial charge in [0.1, 0.15) is 11.5 Å². The second-order valence-corrected chi connectivity index (χ2v) is 6.73. The molecule has 0 aliphatic rings. The first kappa shape index (κ1) is 19.0. The molecule has 6 heteroatoms. The Bertz CT molecular complexity index is 848. The van der Waals surface area contributed by atoms with E-state index in [9.17, 15) is 0 Å². The van der Waals surface area contributed by atoms with Crippen molar-refractivity contribution >= 4 is 11.8 Å². The molecular weight excluding hydrogens is 358 g/mol. The molecule has 5 nitrogen and oxygen atoms in total. The molecular formula is C21H23N3O2S. The number of nitrogens with zero attached hydrogens (tertiary/aromatic N) is 3. The van der Waals surface area contributed by atoms with Gasteiger partial charge in [-0.2, -0.15) is 0 Å². The minimum absolute atomic E-state index is 0.584. The zero-order valence-electron chi connectivity index (χ0n) is 15.4. The fourth-order valence-electron chi connectivity index (χ4n) is 2.58. The highest BCUT2D eigenvalue weighted by molar-refractivity contribution is 7.99. The summed E-state index contributed by atoms with van der Waals surface area (Å²) >= 11 is 1.62. The predicted octanol–water partition coefficient (Wildman–Crippen LogP) is 4.70. The van der Waals surface area contributed by atoms with Crippen LogP contribution in [0.5, 0.6) is 11.5 Å². The zero-order chi connectivity index (χ0) is 18.9. The molecule has 27 heavy (non-hydrogen) atoms. The maximum Gasteiger partial charge on any atom is 0.191 e. The van der Waals surface area contributed by atoms with Crippen LogP contribution in [0.25, 0.3) is 11.4 Å². The Morgan fingerprint density at radius 1 is 1.00 bits per heavy atom. The predicted molar refractivity (Wildman–Crippen MR) is 109 cm³/mol. The van der Waals surface area contributed by atoms with Gasteiger partial charge in [0.05, 0.1) is 13.2 Å². The second-order valence-electron chi connectivity index (χ2n) is 5.67. The van der Waals surface area contributed by atoms with Crippen molar-refractivity contribution in [2.45, 2.75) is 18.6 Å². The van der Waals surface area contributed by atoms with E-state index in [1.807, 2.05) is 67.6 Å². The highest BCUT2D eigenvalue weighted by Crippen LogP contribution is 2.24. The summed E-state index contributed by atoms with van der Waals surface area (Å²) in [5, 5.41) is 9.57. The average molecular weight is 382 g/mol. The van der Waals surface area contributed by atoms with Gasteiger partial charge in [0, 0.05) is 17.9 Å². The van der Waals surface area contributed by atoms with E-state index in [-0.39, 0.29) is 0 Å². The van der Waals surface area contributed by atoms with Crippen LogP contribution in [0.4, 0.5) is 0 Å². The summed E-state index contributed by atoms with van der Waals surface area (Å²) in [4.78, 5) is 0. The quantitative estimate of drug-likeness (QED) is 0.289. The van der Waals surface area contributed by atoms with Gasteiger partial charge >= 0.3 is 0 Å². The summed E-state index contributed by atoms with van der Waals surface area (Å²) in [5.74, 6) is 3.31. The van der Waals surface area contributed by atoms with Crippen LogP contribution in [0.3, 0.4) is 0 Å². The van der Waals surface area contributed by atoms with E-state index in [1.54, 1.807) is 11.8 Å². The number of rotatable bonds is 10. The van der Waals surface area contributed by atoms with Gasteiger partial charge in [0.25, 0.3) is 0 Å². The topological polar surface area (TPSA) is 49.2 Å². The fraction of sp³-hybridized carbons (Fsp3) is 0.238. The monoisotopic (exact) mass is 381 g/mol. The van der Waals surface area contributed by atoms with Crippen molar-refractivity contribution in [3.05, 3.63) is 67.3 Å². The molecule has 0 N–H and O–H groups in total. The fourth-order valence-corrected chi connectivity index (χ4v) is 3.35. The zero-order valence-corrected chi connectivity index (χ0v) is 16.2. The van der Waals surface area contributed by atoms with Gasteiger partial charge in [0.2, 0.25) is 0 Å². The van der Waals surface area contributed by atoms with E-state index in [2.05, 4.69) is 21.3 Å². The molecule has 0 bridgehead atoms. The molecule has 0 saturated heterocycles. The smallest absolute Gasteiger partial charge is 0.191 e. The van der Waals surface area contributed by atoms with E-state index in [0.717, 1.165) is 33.8 Å². The van der Waals surface area contributed by atoms with Crippen LogP contribution in [0.1, 0.15) is 6.92 Å². The molecule has 0 aliphatic carbocycles. The van der Waals surface area contributed by atoms with E-state index in [1.165, 1.54) is 0 Å². The van der Waals surface area contributed by atoms with Crippen LogP contribution in [0, 0.1) is 0 Å². The molecule has 0 aliphatic heterocycles. The summed E-state index contributed by atoms with van der Waals surface area (Å²) in [6.45, 7) is 7.72. The Morgan fingerprint density at radius 3 is 2.37 bits per heavy atom. The van der Waals surface area contributed by atoms with E-state index >= 15 is 0 Å². The maximum absolute atomic E-state index is 5.80. The van der Waals surface area contributed by atoms with Crippen molar-refractivity contribution in [2.24, 2.45) is 0 Å². The Morgan fingerprint density at radius 2 is 1.70 bits per heavy atom. The van der Waals surface area contributed by atoms with Crippen molar-refractivity contribution in [1.82, 2.24) is 14.8 Å². The molecule has 0 atom stereocenters. The maximum atomic E-state index is 5.80. The van der Waals surface area contributed by atoms with Gasteiger partial charge in [-0.05, 0) is 31.2 Å². The van der Waals surface area contributed by atoms with Crippen molar-refractivity contribution in [2.75, 3.05) is 19.0 Å². The minimum Gasteiger partial charge on any atom is -0.494 e. The number of benzene rings is 2. The third-order valence-electron chi connectivity index (χ3n) is 3.78. The summed E-state index contributed by atoms with van der Waals surface area (Å²) in [6.07, 6.45) is 1.86. The molecule has 0 amide bonds. The molecule has 0 radical (unpaired) electrons. The lowest BCUT2D eigenvalue weighted by Gasteiger charge is -2.09. The summed E-state index contributed by atoms with van der Waals surface area (Å²) in [5.41, 5.74) is 1.05. The summed E-state index contributed by atoms with van der Waals surface area (Å²) in [7, 11) is 0. The van der Waals surface area contributed by atoms with E-state index < -0.39 is 0 Å². The van der Waals surface area contributed by atoms with Gasteiger partial charge in [0.15, 0.2) is 11.0 Å². The van der Waals surface area contributed by atoms with Crippen LogP contribution in [0.15, 0.2) is 72.4 Å². The van der Waals surface area contributed by atoms with Gasteiger partial charge in [-0.25, -0.2) is 0 Å². The number of ether oxygens (including phenoxy) is 2. The van der Waals surface area contributed by atoms with Crippen LogP contribution in [0.2, 0.25) is 0 Å². The summed E-state index contributed by atoms with van der Waals surface area (Å²) in [6, 6.07) is 17.7. The van der Waals surface area contributed by atoms with Gasteiger partial charge in [-0.3, -0.25) is 4.57 Å². The van der Waals surface area contributed by atoms with Crippen LogP contribution < -0.4 is 9.47 Å². The molecule has 140 valence electrons. The standard InChI is InChI=1S/C21H23N3O2S/c1-3-14-24-20(17-8-6-5-7-9-17)22-23-21(24)27-16-15-26-19-12-10-18(11-13-19)25-4-2/h3,5-13H,1,4,14-16H2,2H3. The van der Waals surface area contributed by atoms with Gasteiger partial charge < -0.3 is 9.47 Å². The molecule has 2 aromatic carbocycles. The Labute approximate surface area is 164 Å². The van der Waals surface area contributed by atoms with Crippen LogP contribution in [-0.2, 0) is 6.54 Å². The lowest BCUT2D eigenvalue weighted by Crippen LogP contribution is -2.04. The van der Waals surface area contributed by atoms with E-state index in [4.69, 9.17) is 9.47 Å². The lowest BCUT2D eigenvalue weighted by atomic mass is 10.2. The van der Waals surface area contributed by atoms with E-state index in [0.29, 0.717) is 19.8 Å². The SMILES string of the molecule is C=CCn1c(SCCOc2ccc(OCC)cc2)nnc1-c1ccccc1. The highest BCUT2D eigenvalue weighted by atomic mass is 32.2. The number of aromatic nitrogens is 3. The number of thioether (sulfide) groups is 1. The van der Waals surface area contributed by atoms with Crippen LogP contribution >= 0.6 is 11.8 Å². The molecule has 1 heterocycles. The summed E-state index contributed by atoms with van der Waals surface area (Å²) < 4.78 is 13.3. The third kappa shape index (κ3) is 5.14. The van der Waals surface area contributed by atoms with Crippen molar-refractivity contribution in [3.63, 3.8) is 0 Å². The first-order valence-electron chi connectivity index (χ1n) is 8.89. The number of allylic oxidation sites excluding steroid dienone is 1. The van der Waals surface area contributed by atoms with Crippen LogP contribution in [-0.4, -0.2) is 33.7 Å². The Kier molecular flexibility index (Phi) is 6.93. The number of hydrogen-bond donors (Lipinski definition) is 0. The Balaban J connectivity index is 1.57. The lowest BCUT2D eigenvalue weighted by molar-refractivity contribution is 0.332. The largest absolute Gasteiger partial charge is 0.494 e. The van der Waals surface area contributed by atoms with Gasteiger partial charge in [-0.1, -0.05) is 48.2 Å². The first-order valence-corrected chi connectivity index (χ1v) is 9.88. The second kappa shape index (κ2) is 9.83. The molecule has 3 rings (SSSR count). The normalized spacial score (nSPS) is 10.6. The third-order valence-corrected chi connectivity index (χ3v) is 4.71. The molecule has 1 aromatic heterocycles. The van der Waals surface area contributed by atoms with Crippen molar-refractivity contribution in [3.8, 4) is 22.9 Å². The number of hydrogen-bond acceptors (Lipinski definition) is 5. The molecule has 0 spiro atoms. The first-order chi connectivity index (χ1) is 13.3. The highest BCUT2D eigenvalue weighted by Gasteiger charge is 2.13. The molecule has 3 aromatic rings. The molecule has 0 saturated carbocycles.